The van der Waals surface area contributed by atoms with Gasteiger partial charge >= 0.3 is 11.9 Å². The molecule has 348 valence electrons. The highest BCUT2D eigenvalue weighted by atomic mass is 16.7. The standard InChI is InChI=1S/C44H79N3O13/c1-17-33-44(11,51)38(52-15)29(6)47(14)24-25(2)22-42(9,50)37(60-41-36(57-31(8)48)32(46(12)13)21-26(3)55-41)27(4)35(28(5)40(49)58-33)59-34-23-43(10,53-16)39(30(7)56-34)54-20-18-19-45/h25-30,32-39,41,50-51H,17-18,20-24H2,1-16H3/t25-,26-,27+,28-,29-,30+,32+,33-,34+,35+,36-,37-,38-,39?,41+,42-,43-,44-/m1/s1. The summed E-state index contributed by atoms with van der Waals surface area (Å²) in [6.07, 6.45) is -6.53. The molecule has 60 heavy (non-hydrogen) atoms. The Labute approximate surface area is 359 Å². The van der Waals surface area contributed by atoms with Gasteiger partial charge in [-0.25, -0.2) is 0 Å². The highest BCUT2D eigenvalue weighted by Crippen LogP contribution is 2.41. The van der Waals surface area contributed by atoms with Gasteiger partial charge in [-0.15, -0.1) is 0 Å². The van der Waals surface area contributed by atoms with Crippen molar-refractivity contribution in [3.8, 4) is 6.07 Å². The number of nitriles is 1. The van der Waals surface area contributed by atoms with Gasteiger partial charge in [0, 0.05) is 46.1 Å². The van der Waals surface area contributed by atoms with E-state index in [0.29, 0.717) is 19.4 Å². The highest BCUT2D eigenvalue weighted by molar-refractivity contribution is 5.73. The van der Waals surface area contributed by atoms with Crippen molar-refractivity contribution in [3.05, 3.63) is 0 Å². The van der Waals surface area contributed by atoms with E-state index in [9.17, 15) is 19.8 Å². The first-order valence-electron chi connectivity index (χ1n) is 21.8. The van der Waals surface area contributed by atoms with Crippen molar-refractivity contribution in [1.82, 2.24) is 9.80 Å². The SMILES string of the molecule is CC[C@H]1OC(=O)[C@H](C)[C@@H](O[C@H]2C[C@@](C)(OC)C(OCCC#N)[C@H](C)O2)[C@H](C)[C@@H](O[C@@H]2O[C@H](C)C[C@H](N(C)C)[C@H]2OC(C)=O)[C@](C)(O)C[C@@H](C)CN(C)[C@H](C)[C@@H](OC)[C@]1(C)O. The van der Waals surface area contributed by atoms with Gasteiger partial charge in [-0.1, -0.05) is 20.8 Å². The summed E-state index contributed by atoms with van der Waals surface area (Å²) < 4.78 is 57.1. The molecule has 3 aliphatic rings. The zero-order valence-corrected chi connectivity index (χ0v) is 39.3. The molecule has 0 amide bonds. The molecular formula is C44H79N3O13. The van der Waals surface area contributed by atoms with Crippen LogP contribution >= 0.6 is 0 Å². The van der Waals surface area contributed by atoms with Crippen LogP contribution in [0.15, 0.2) is 0 Å². The molecule has 16 nitrogen and oxygen atoms in total. The van der Waals surface area contributed by atoms with Crippen molar-refractivity contribution in [3.63, 3.8) is 0 Å². The maximum absolute atomic E-state index is 14.6. The summed E-state index contributed by atoms with van der Waals surface area (Å²) in [7, 11) is 8.86. The number of methoxy groups -OCH3 is 2. The molecule has 3 heterocycles. The summed E-state index contributed by atoms with van der Waals surface area (Å²) in [6.45, 7) is 20.4. The van der Waals surface area contributed by atoms with E-state index in [0.717, 1.165) is 0 Å². The van der Waals surface area contributed by atoms with Crippen LogP contribution in [0, 0.1) is 29.1 Å². The van der Waals surface area contributed by atoms with Crippen LogP contribution in [0.25, 0.3) is 0 Å². The molecule has 3 saturated heterocycles. The molecular weight excluding hydrogens is 778 g/mol. The van der Waals surface area contributed by atoms with Crippen LogP contribution in [0.4, 0.5) is 0 Å². The molecule has 0 bridgehead atoms. The van der Waals surface area contributed by atoms with Crippen molar-refractivity contribution < 1.29 is 62.4 Å². The van der Waals surface area contributed by atoms with Crippen molar-refractivity contribution >= 4 is 11.9 Å². The predicted molar refractivity (Wildman–Crippen MR) is 222 cm³/mol. The molecule has 0 aromatic rings. The lowest BCUT2D eigenvalue weighted by Gasteiger charge is -2.49. The summed E-state index contributed by atoms with van der Waals surface area (Å²) in [6, 6.07) is 1.51. The molecule has 1 unspecified atom stereocenters. The minimum atomic E-state index is -1.60. The Bertz CT molecular complexity index is 1410. The van der Waals surface area contributed by atoms with E-state index < -0.39 is 95.9 Å². The second-order valence-electron chi connectivity index (χ2n) is 18.7. The van der Waals surface area contributed by atoms with Crippen LogP contribution < -0.4 is 0 Å². The molecule has 0 aromatic heterocycles. The number of carbonyl (C=O) groups is 2. The number of likely N-dealkylation sites (N-methyl/N-ethyl adjacent to an activating group) is 2. The second kappa shape index (κ2) is 22.1. The fraction of sp³-hybridized carbons (Fsp3) is 0.932. The lowest BCUT2D eigenvalue weighted by molar-refractivity contribution is -0.321. The molecule has 0 radical (unpaired) electrons. The van der Waals surface area contributed by atoms with E-state index in [-0.39, 0.29) is 50.0 Å². The Balaban J connectivity index is 2.23. The molecule has 0 aliphatic carbocycles. The topological polar surface area (TPSA) is 188 Å². The zero-order chi connectivity index (χ0) is 45.5. The normalized spacial score (nSPS) is 44.3. The van der Waals surface area contributed by atoms with Gasteiger partial charge in [-0.3, -0.25) is 9.59 Å². The quantitative estimate of drug-likeness (QED) is 0.211. The van der Waals surface area contributed by atoms with Crippen LogP contribution in [0.5, 0.6) is 0 Å². The Morgan fingerprint density at radius 2 is 1.63 bits per heavy atom. The highest BCUT2D eigenvalue weighted by Gasteiger charge is 2.54. The summed E-state index contributed by atoms with van der Waals surface area (Å²) in [5, 5.41) is 34.1. The molecule has 18 atom stereocenters. The lowest BCUT2D eigenvalue weighted by atomic mass is 9.77. The van der Waals surface area contributed by atoms with E-state index >= 15 is 0 Å². The Hall–Kier alpha value is -2.01. The number of rotatable bonds is 12. The third-order valence-electron chi connectivity index (χ3n) is 13.2. The maximum atomic E-state index is 14.6. The fourth-order valence-corrected chi connectivity index (χ4v) is 9.99. The molecule has 3 fully saturated rings. The van der Waals surface area contributed by atoms with E-state index in [4.69, 9.17) is 47.9 Å². The van der Waals surface area contributed by atoms with Crippen molar-refractivity contribution in [2.24, 2.45) is 17.8 Å². The Kier molecular flexibility index (Phi) is 19.2. The summed E-state index contributed by atoms with van der Waals surface area (Å²) in [5.74, 6) is -3.03. The first kappa shape index (κ1) is 52.3. The summed E-state index contributed by atoms with van der Waals surface area (Å²) in [4.78, 5) is 31.2. The van der Waals surface area contributed by atoms with Gasteiger partial charge < -0.3 is 62.6 Å². The number of ether oxygens (including phenoxy) is 9. The molecule has 0 saturated carbocycles. The zero-order valence-electron chi connectivity index (χ0n) is 39.3. The molecule has 2 N–H and O–H groups in total. The molecule has 3 rings (SSSR count). The van der Waals surface area contributed by atoms with Crippen LogP contribution in [-0.4, -0.2) is 171 Å². The minimum Gasteiger partial charge on any atom is -0.459 e. The Morgan fingerprint density at radius 1 is 0.983 bits per heavy atom. The first-order chi connectivity index (χ1) is 27.9. The third-order valence-corrected chi connectivity index (χ3v) is 13.2. The van der Waals surface area contributed by atoms with Crippen molar-refractivity contribution in [1.29, 1.82) is 5.26 Å². The van der Waals surface area contributed by atoms with E-state index in [1.54, 1.807) is 27.9 Å². The van der Waals surface area contributed by atoms with Crippen molar-refractivity contribution in [2.75, 3.05) is 48.5 Å². The van der Waals surface area contributed by atoms with Gasteiger partial charge in [-0.2, -0.15) is 5.26 Å². The molecule has 0 spiro atoms. The van der Waals surface area contributed by atoms with E-state index in [2.05, 4.69) is 11.0 Å². The largest absolute Gasteiger partial charge is 0.459 e. The summed E-state index contributed by atoms with van der Waals surface area (Å²) >= 11 is 0. The van der Waals surface area contributed by atoms with Crippen LogP contribution in [0.2, 0.25) is 0 Å². The number of hydrogen-bond donors (Lipinski definition) is 2. The van der Waals surface area contributed by atoms with Crippen LogP contribution in [0.1, 0.15) is 108 Å². The predicted octanol–water partition coefficient (Wildman–Crippen LogP) is 4.06. The Morgan fingerprint density at radius 3 is 2.18 bits per heavy atom. The van der Waals surface area contributed by atoms with Gasteiger partial charge in [0.15, 0.2) is 18.7 Å². The van der Waals surface area contributed by atoms with Crippen molar-refractivity contribution in [2.45, 2.75) is 199 Å². The number of nitrogens with zero attached hydrogens (tertiary/aromatic N) is 3. The summed E-state index contributed by atoms with van der Waals surface area (Å²) in [5.41, 5.74) is -4.08. The minimum absolute atomic E-state index is 0.122. The van der Waals surface area contributed by atoms with Gasteiger partial charge in [0.05, 0.1) is 66.7 Å². The van der Waals surface area contributed by atoms with E-state index in [1.807, 2.05) is 74.5 Å². The van der Waals surface area contributed by atoms with E-state index in [1.165, 1.54) is 14.0 Å². The molecule has 3 aliphatic heterocycles. The number of hydrogen-bond acceptors (Lipinski definition) is 16. The number of cyclic esters (lactones) is 1. The van der Waals surface area contributed by atoms with Gasteiger partial charge in [-0.05, 0) is 94.8 Å². The average molecular weight is 858 g/mol. The number of carbonyl (C=O) groups excluding carboxylic acids is 2. The monoisotopic (exact) mass is 858 g/mol. The van der Waals surface area contributed by atoms with Gasteiger partial charge in [0.1, 0.15) is 23.9 Å². The third kappa shape index (κ3) is 12.6. The second-order valence-corrected chi connectivity index (χ2v) is 18.7. The first-order valence-corrected chi connectivity index (χ1v) is 21.8. The average Bonchev–Trinajstić information content (AvgIpc) is 3.15. The number of esters is 2. The maximum Gasteiger partial charge on any atom is 0.311 e. The molecule has 0 aromatic carbocycles. The fourth-order valence-electron chi connectivity index (χ4n) is 9.99. The van der Waals surface area contributed by atoms with Crippen LogP contribution in [0.3, 0.4) is 0 Å². The number of aliphatic hydroxyl groups is 2. The smallest absolute Gasteiger partial charge is 0.311 e. The molecule has 16 heteroatoms. The van der Waals surface area contributed by atoms with Gasteiger partial charge in [0.25, 0.3) is 0 Å². The van der Waals surface area contributed by atoms with Gasteiger partial charge in [0.2, 0.25) is 0 Å². The van der Waals surface area contributed by atoms with Crippen LogP contribution in [-0.2, 0) is 52.2 Å². The lowest BCUT2D eigenvalue weighted by Crippen LogP contribution is -2.61.